The Labute approximate surface area is 81.8 Å². The van der Waals surface area contributed by atoms with Crippen molar-refractivity contribution in [2.24, 2.45) is 0 Å². The third-order valence-electron chi connectivity index (χ3n) is 2.07. The summed E-state index contributed by atoms with van der Waals surface area (Å²) in [5.74, 6) is 0.550. The first-order valence-electron chi connectivity index (χ1n) is 4.38. The molecule has 0 bridgehead atoms. The van der Waals surface area contributed by atoms with Crippen molar-refractivity contribution in [3.8, 4) is 5.69 Å². The van der Waals surface area contributed by atoms with E-state index < -0.39 is 0 Å². The van der Waals surface area contributed by atoms with Gasteiger partial charge in [-0.05, 0) is 19.1 Å². The lowest BCUT2D eigenvalue weighted by molar-refractivity contribution is 0.269. The molecule has 2 aromatic rings. The average Bonchev–Trinajstić information content (AvgIpc) is 2.67. The first-order chi connectivity index (χ1) is 6.81. The highest BCUT2D eigenvalue weighted by Crippen LogP contribution is 2.10. The highest BCUT2D eigenvalue weighted by Gasteiger charge is 2.03. The molecule has 1 aromatic heterocycles. The number of aliphatic hydroxyl groups is 1. The molecule has 0 saturated carbocycles. The molecule has 0 atom stereocenters. The van der Waals surface area contributed by atoms with Crippen molar-refractivity contribution in [3.05, 3.63) is 42.0 Å². The molecule has 1 N–H and O–H groups in total. The molecule has 4 nitrogen and oxygen atoms in total. The lowest BCUT2D eigenvalue weighted by atomic mass is 10.2. The summed E-state index contributed by atoms with van der Waals surface area (Å²) in [5, 5.41) is 16.5. The summed E-state index contributed by atoms with van der Waals surface area (Å²) in [6.07, 6.45) is 1.59. The summed E-state index contributed by atoms with van der Waals surface area (Å²) in [6.45, 7) is 1.93. The molecule has 72 valence electrons. The van der Waals surface area contributed by atoms with Gasteiger partial charge in [0.1, 0.15) is 12.9 Å². The van der Waals surface area contributed by atoms with Crippen molar-refractivity contribution in [1.29, 1.82) is 0 Å². The van der Waals surface area contributed by atoms with E-state index in [1.165, 1.54) is 5.56 Å². The number of hydrogen-bond donors (Lipinski definition) is 1. The minimum Gasteiger partial charge on any atom is -0.388 e. The Morgan fingerprint density at radius 3 is 2.64 bits per heavy atom. The largest absolute Gasteiger partial charge is 0.388 e. The number of rotatable bonds is 2. The van der Waals surface area contributed by atoms with Gasteiger partial charge in [-0.25, -0.2) is 0 Å². The fraction of sp³-hybridized carbons (Fsp3) is 0.200. The summed E-state index contributed by atoms with van der Waals surface area (Å²) in [4.78, 5) is 0. The number of aromatic nitrogens is 3. The van der Waals surface area contributed by atoms with Crippen LogP contribution in [0, 0.1) is 6.92 Å². The minimum absolute atomic E-state index is 0.103. The van der Waals surface area contributed by atoms with Crippen LogP contribution in [0.3, 0.4) is 0 Å². The van der Waals surface area contributed by atoms with Gasteiger partial charge in [0, 0.05) is 5.69 Å². The molecule has 0 amide bonds. The van der Waals surface area contributed by atoms with Crippen LogP contribution in [-0.2, 0) is 6.61 Å². The smallest absolute Gasteiger partial charge is 0.163 e. The maximum Gasteiger partial charge on any atom is 0.163 e. The molecule has 4 heteroatoms. The van der Waals surface area contributed by atoms with E-state index in [-0.39, 0.29) is 6.61 Å². The maximum absolute atomic E-state index is 9.00. The molecule has 1 aromatic carbocycles. The molecule has 1 heterocycles. The van der Waals surface area contributed by atoms with Crippen LogP contribution in [0.25, 0.3) is 5.69 Å². The van der Waals surface area contributed by atoms with Gasteiger partial charge in [0.15, 0.2) is 5.82 Å². The number of aliphatic hydroxyl groups excluding tert-OH is 1. The normalized spacial score (nSPS) is 10.4. The van der Waals surface area contributed by atoms with Crippen molar-refractivity contribution in [2.75, 3.05) is 0 Å². The highest BCUT2D eigenvalue weighted by atomic mass is 16.3. The molecular formula is C10H11N3O. The van der Waals surface area contributed by atoms with Crippen LogP contribution >= 0.6 is 0 Å². The van der Waals surface area contributed by atoms with Crippen molar-refractivity contribution in [1.82, 2.24) is 14.8 Å². The van der Waals surface area contributed by atoms with Crippen LogP contribution in [0.1, 0.15) is 11.4 Å². The Hall–Kier alpha value is -1.68. The van der Waals surface area contributed by atoms with E-state index in [1.807, 2.05) is 31.2 Å². The van der Waals surface area contributed by atoms with Crippen LogP contribution in [0.5, 0.6) is 0 Å². The second kappa shape index (κ2) is 3.59. The lowest BCUT2D eigenvalue weighted by Gasteiger charge is -2.04. The number of nitrogens with zero attached hydrogens (tertiary/aromatic N) is 3. The second-order valence-electron chi connectivity index (χ2n) is 3.11. The predicted molar refractivity (Wildman–Crippen MR) is 52.0 cm³/mol. The van der Waals surface area contributed by atoms with Gasteiger partial charge < -0.3 is 5.11 Å². The van der Waals surface area contributed by atoms with Crippen LogP contribution in [0.2, 0.25) is 0 Å². The Morgan fingerprint density at radius 1 is 1.29 bits per heavy atom. The zero-order chi connectivity index (χ0) is 9.97. The van der Waals surface area contributed by atoms with E-state index in [4.69, 9.17) is 5.11 Å². The van der Waals surface area contributed by atoms with Gasteiger partial charge >= 0.3 is 0 Å². The van der Waals surface area contributed by atoms with Gasteiger partial charge in [0.25, 0.3) is 0 Å². The SMILES string of the molecule is Cc1ccc(-n2cnnc2CO)cc1. The number of hydrogen-bond acceptors (Lipinski definition) is 3. The highest BCUT2D eigenvalue weighted by molar-refractivity contribution is 5.34. The fourth-order valence-corrected chi connectivity index (χ4v) is 1.29. The van der Waals surface area contributed by atoms with E-state index in [1.54, 1.807) is 10.9 Å². The molecule has 0 aliphatic carbocycles. The Morgan fingerprint density at radius 2 is 2.00 bits per heavy atom. The third-order valence-corrected chi connectivity index (χ3v) is 2.07. The van der Waals surface area contributed by atoms with Gasteiger partial charge in [-0.3, -0.25) is 4.57 Å². The summed E-state index contributed by atoms with van der Waals surface area (Å²) in [7, 11) is 0. The second-order valence-corrected chi connectivity index (χ2v) is 3.11. The molecule has 14 heavy (non-hydrogen) atoms. The van der Waals surface area contributed by atoms with Gasteiger partial charge in [-0.15, -0.1) is 10.2 Å². The number of benzene rings is 1. The Kier molecular flexibility index (Phi) is 2.28. The summed E-state index contributed by atoms with van der Waals surface area (Å²) in [6, 6.07) is 7.96. The van der Waals surface area contributed by atoms with E-state index in [0.717, 1.165) is 5.69 Å². The van der Waals surface area contributed by atoms with Crippen LogP contribution < -0.4 is 0 Å². The van der Waals surface area contributed by atoms with Gasteiger partial charge in [-0.2, -0.15) is 0 Å². The predicted octanol–water partition coefficient (Wildman–Crippen LogP) is 1.07. The summed E-state index contributed by atoms with van der Waals surface area (Å²) in [5.41, 5.74) is 2.16. The third kappa shape index (κ3) is 1.52. The Bertz CT molecular complexity index is 419. The minimum atomic E-state index is -0.103. The standard InChI is InChI=1S/C10H11N3O/c1-8-2-4-9(5-3-8)13-7-11-12-10(13)6-14/h2-5,7,14H,6H2,1H3. The monoisotopic (exact) mass is 189 g/mol. The molecule has 0 spiro atoms. The Balaban J connectivity index is 2.44. The van der Waals surface area contributed by atoms with Gasteiger partial charge in [0.2, 0.25) is 0 Å². The molecule has 0 fully saturated rings. The van der Waals surface area contributed by atoms with E-state index >= 15 is 0 Å². The number of aryl methyl sites for hydroxylation is 1. The maximum atomic E-state index is 9.00. The van der Waals surface area contributed by atoms with Crippen molar-refractivity contribution < 1.29 is 5.11 Å². The zero-order valence-electron chi connectivity index (χ0n) is 7.88. The molecule has 0 aliphatic heterocycles. The summed E-state index contributed by atoms with van der Waals surface area (Å²) >= 11 is 0. The summed E-state index contributed by atoms with van der Waals surface area (Å²) < 4.78 is 1.76. The average molecular weight is 189 g/mol. The molecule has 0 aliphatic rings. The van der Waals surface area contributed by atoms with E-state index in [0.29, 0.717) is 5.82 Å². The van der Waals surface area contributed by atoms with E-state index in [9.17, 15) is 0 Å². The van der Waals surface area contributed by atoms with Crippen LogP contribution in [0.4, 0.5) is 0 Å². The molecule has 0 radical (unpaired) electrons. The molecular weight excluding hydrogens is 178 g/mol. The molecule has 0 saturated heterocycles. The van der Waals surface area contributed by atoms with Crippen LogP contribution in [0.15, 0.2) is 30.6 Å². The molecule has 2 rings (SSSR count). The first-order valence-corrected chi connectivity index (χ1v) is 4.38. The topological polar surface area (TPSA) is 50.9 Å². The lowest BCUT2D eigenvalue weighted by Crippen LogP contribution is -1.99. The first kappa shape index (κ1) is 8.90. The molecule has 0 unspecified atom stereocenters. The van der Waals surface area contributed by atoms with Crippen molar-refractivity contribution in [2.45, 2.75) is 13.5 Å². The van der Waals surface area contributed by atoms with E-state index in [2.05, 4.69) is 10.2 Å². The van der Waals surface area contributed by atoms with Crippen molar-refractivity contribution >= 4 is 0 Å². The zero-order valence-corrected chi connectivity index (χ0v) is 7.88. The van der Waals surface area contributed by atoms with Crippen molar-refractivity contribution in [3.63, 3.8) is 0 Å². The quantitative estimate of drug-likeness (QED) is 0.768. The van der Waals surface area contributed by atoms with Crippen LogP contribution in [-0.4, -0.2) is 19.9 Å². The van der Waals surface area contributed by atoms with Gasteiger partial charge in [-0.1, -0.05) is 17.7 Å². The fourth-order valence-electron chi connectivity index (χ4n) is 1.29. The van der Waals surface area contributed by atoms with Gasteiger partial charge in [0.05, 0.1) is 0 Å².